The summed E-state index contributed by atoms with van der Waals surface area (Å²) >= 11 is 5.86. The summed E-state index contributed by atoms with van der Waals surface area (Å²) in [4.78, 5) is 16.2. The van der Waals surface area contributed by atoms with Crippen LogP contribution in [0.1, 0.15) is 18.9 Å². The van der Waals surface area contributed by atoms with E-state index in [9.17, 15) is 4.79 Å². The van der Waals surface area contributed by atoms with Crippen molar-refractivity contribution in [2.45, 2.75) is 19.9 Å². The van der Waals surface area contributed by atoms with Gasteiger partial charge in [0.1, 0.15) is 0 Å². The molecule has 2 amide bonds. The smallest absolute Gasteiger partial charge is 0.341 e. The molecule has 6 nitrogen and oxygen atoms in total. The van der Waals surface area contributed by atoms with Crippen LogP contribution in [0.25, 0.3) is 5.69 Å². The number of aromatic nitrogens is 2. The number of urea groups is 1. The zero-order chi connectivity index (χ0) is 19.8. The van der Waals surface area contributed by atoms with Crippen molar-refractivity contribution in [1.29, 1.82) is 0 Å². The van der Waals surface area contributed by atoms with E-state index >= 15 is 0 Å². The van der Waals surface area contributed by atoms with Gasteiger partial charge in [-0.3, -0.25) is 0 Å². The van der Waals surface area contributed by atoms with Crippen LogP contribution >= 0.6 is 11.6 Å². The van der Waals surface area contributed by atoms with E-state index in [0.29, 0.717) is 29.4 Å². The minimum atomic E-state index is -0.448. The topological polar surface area (TPSA) is 68.5 Å². The number of carbonyl (C=O) groups excluding carboxylic acids is 1. The molecular weight excluding hydrogens is 376 g/mol. The minimum absolute atomic E-state index is 0.364. The number of benzene rings is 2. The maximum Gasteiger partial charge on any atom is 0.341 e. The Bertz CT molecular complexity index is 985. The first-order chi connectivity index (χ1) is 13.7. The molecule has 1 heterocycles. The summed E-state index contributed by atoms with van der Waals surface area (Å²) in [5.74, 6) is 0.528. The predicted molar refractivity (Wildman–Crippen MR) is 109 cm³/mol. The number of halogens is 1. The van der Waals surface area contributed by atoms with E-state index in [1.165, 1.54) is 6.20 Å². The molecule has 7 heteroatoms. The Morgan fingerprint density at radius 2 is 1.93 bits per heavy atom. The Morgan fingerprint density at radius 3 is 2.64 bits per heavy atom. The largest absolute Gasteiger partial charge is 0.478 e. The molecule has 0 saturated carbocycles. The van der Waals surface area contributed by atoms with Crippen molar-refractivity contribution < 1.29 is 9.53 Å². The summed E-state index contributed by atoms with van der Waals surface area (Å²) in [5.41, 5.74) is 1.81. The average Bonchev–Trinajstić information content (AvgIpc) is 2.72. The highest BCUT2D eigenvalue weighted by Gasteiger charge is 2.06. The van der Waals surface area contributed by atoms with Crippen LogP contribution in [0.5, 0.6) is 5.88 Å². The van der Waals surface area contributed by atoms with Gasteiger partial charge in [-0.1, -0.05) is 48.9 Å². The fourth-order valence-electron chi connectivity index (χ4n) is 2.47. The third-order valence-corrected chi connectivity index (χ3v) is 4.08. The molecule has 1 N–H and O–H groups in total. The minimum Gasteiger partial charge on any atom is -0.478 e. The van der Waals surface area contributed by atoms with Crippen molar-refractivity contribution in [3.63, 3.8) is 0 Å². The first-order valence-corrected chi connectivity index (χ1v) is 9.38. The molecule has 3 aromatic rings. The van der Waals surface area contributed by atoms with Gasteiger partial charge in [-0.25, -0.2) is 9.48 Å². The molecule has 28 heavy (non-hydrogen) atoms. The van der Waals surface area contributed by atoms with Crippen LogP contribution in [0.3, 0.4) is 0 Å². The van der Waals surface area contributed by atoms with Gasteiger partial charge in [-0.2, -0.15) is 10.1 Å². The maximum atomic E-state index is 12.2. The van der Waals surface area contributed by atoms with E-state index in [1.807, 2.05) is 49.4 Å². The number of amides is 2. The lowest BCUT2D eigenvalue weighted by Gasteiger charge is -2.12. The van der Waals surface area contributed by atoms with Crippen LogP contribution in [-0.4, -0.2) is 22.4 Å². The van der Waals surface area contributed by atoms with Gasteiger partial charge in [0.25, 0.3) is 0 Å². The van der Waals surface area contributed by atoms with E-state index in [2.05, 4.69) is 15.4 Å². The first kappa shape index (κ1) is 19.6. The molecule has 0 saturated heterocycles. The summed E-state index contributed by atoms with van der Waals surface area (Å²) in [6.07, 6.45) is 2.39. The number of hydrogen-bond acceptors (Lipinski definition) is 3. The lowest BCUT2D eigenvalue weighted by Crippen LogP contribution is -2.22. The van der Waals surface area contributed by atoms with Gasteiger partial charge in [0.05, 0.1) is 23.8 Å². The molecule has 1 aromatic heterocycles. The lowest BCUT2D eigenvalue weighted by molar-refractivity contribution is 0.248. The van der Waals surface area contributed by atoms with Crippen molar-refractivity contribution in [2.75, 3.05) is 6.61 Å². The molecule has 0 radical (unpaired) electrons. The highest BCUT2D eigenvalue weighted by molar-refractivity contribution is 6.30. The summed E-state index contributed by atoms with van der Waals surface area (Å²) in [6, 6.07) is 18.2. The summed E-state index contributed by atoms with van der Waals surface area (Å²) in [5, 5.41) is 8.22. The Hall–Kier alpha value is -3.12. The molecule has 0 unspecified atom stereocenters. The maximum absolute atomic E-state index is 12.2. The normalized spacial score (nSPS) is 11.3. The molecule has 144 valence electrons. The number of carbonyl (C=O) groups is 1. The Labute approximate surface area is 168 Å². The summed E-state index contributed by atoms with van der Waals surface area (Å²) in [6.45, 7) is 2.93. The van der Waals surface area contributed by atoms with Crippen molar-refractivity contribution in [2.24, 2.45) is 4.99 Å². The molecule has 0 fully saturated rings. The van der Waals surface area contributed by atoms with Crippen LogP contribution in [0.4, 0.5) is 4.79 Å². The van der Waals surface area contributed by atoms with Crippen molar-refractivity contribution in [1.82, 2.24) is 15.1 Å². The second-order valence-corrected chi connectivity index (χ2v) is 6.48. The monoisotopic (exact) mass is 396 g/mol. The van der Waals surface area contributed by atoms with Gasteiger partial charge in [-0.15, -0.1) is 0 Å². The van der Waals surface area contributed by atoms with Crippen LogP contribution in [0.15, 0.2) is 71.9 Å². The number of hydrogen-bond donors (Lipinski definition) is 1. The molecule has 3 rings (SSSR count). The third-order valence-electron chi connectivity index (χ3n) is 3.83. The Kier molecular flexibility index (Phi) is 6.81. The molecule has 0 bridgehead atoms. The number of rotatable bonds is 6. The number of nitrogens with one attached hydrogen (secondary N) is 1. The van der Waals surface area contributed by atoms with E-state index in [4.69, 9.17) is 16.3 Å². The van der Waals surface area contributed by atoms with E-state index in [-0.39, 0.29) is 0 Å². The second kappa shape index (κ2) is 9.71. The van der Waals surface area contributed by atoms with Gasteiger partial charge in [0.2, 0.25) is 5.88 Å². The fourth-order valence-corrected chi connectivity index (χ4v) is 2.60. The highest BCUT2D eigenvalue weighted by Crippen LogP contribution is 2.14. The molecule has 0 aliphatic heterocycles. The Balaban J connectivity index is 1.78. The molecule has 0 spiro atoms. The highest BCUT2D eigenvalue weighted by atomic mass is 35.5. The van der Waals surface area contributed by atoms with Gasteiger partial charge in [0, 0.05) is 17.6 Å². The first-order valence-electron chi connectivity index (χ1n) is 9.00. The third kappa shape index (κ3) is 5.44. The van der Waals surface area contributed by atoms with Crippen molar-refractivity contribution in [3.05, 3.63) is 82.8 Å². The van der Waals surface area contributed by atoms with Gasteiger partial charge >= 0.3 is 6.03 Å². The van der Waals surface area contributed by atoms with Crippen LogP contribution < -0.4 is 15.4 Å². The van der Waals surface area contributed by atoms with Gasteiger partial charge in [-0.05, 0) is 36.2 Å². The summed E-state index contributed by atoms with van der Waals surface area (Å²) < 4.78 is 7.48. The van der Waals surface area contributed by atoms with E-state index in [1.54, 1.807) is 22.9 Å². The van der Waals surface area contributed by atoms with Crippen molar-refractivity contribution >= 4 is 17.6 Å². The standard InChI is InChI=1S/C21H21ClN4O2/c1-2-12-28-20-13-18(15-24-26(20)19-6-4-3-5-7-19)25-21(27)23-14-16-8-10-17(22)11-9-16/h3-11,13,15H,2,12,14H2,1H3,(H,23,27)/b25-18-. The molecule has 0 aliphatic rings. The Morgan fingerprint density at radius 1 is 1.18 bits per heavy atom. The zero-order valence-electron chi connectivity index (χ0n) is 15.5. The molecular formula is C21H21ClN4O2. The molecule has 2 aromatic carbocycles. The second-order valence-electron chi connectivity index (χ2n) is 6.04. The molecule has 0 aliphatic carbocycles. The molecule has 0 atom stereocenters. The van der Waals surface area contributed by atoms with Crippen molar-refractivity contribution in [3.8, 4) is 11.6 Å². The van der Waals surface area contributed by atoms with Gasteiger partial charge < -0.3 is 10.1 Å². The predicted octanol–water partition coefficient (Wildman–Crippen LogP) is 4.13. The quantitative estimate of drug-likeness (QED) is 0.681. The van der Waals surface area contributed by atoms with Gasteiger partial charge in [0.15, 0.2) is 0 Å². The van der Waals surface area contributed by atoms with Crippen LogP contribution in [-0.2, 0) is 6.54 Å². The number of para-hydroxylation sites is 1. The lowest BCUT2D eigenvalue weighted by atomic mass is 10.2. The zero-order valence-corrected chi connectivity index (χ0v) is 16.3. The fraction of sp³-hybridized carbons (Fsp3) is 0.190. The van der Waals surface area contributed by atoms with Crippen LogP contribution in [0, 0.1) is 0 Å². The SMILES string of the molecule is CCCOc1c/c(=N/C(=O)NCc2ccc(Cl)cc2)cnn1-c1ccccc1. The van der Waals surface area contributed by atoms with E-state index < -0.39 is 6.03 Å². The summed E-state index contributed by atoms with van der Waals surface area (Å²) in [7, 11) is 0. The average molecular weight is 397 g/mol. The van der Waals surface area contributed by atoms with Crippen LogP contribution in [0.2, 0.25) is 5.02 Å². The number of ether oxygens (including phenoxy) is 1. The van der Waals surface area contributed by atoms with E-state index in [0.717, 1.165) is 17.7 Å². The number of nitrogens with zero attached hydrogens (tertiary/aromatic N) is 3.